The number of aliphatic hydroxyl groups is 1. The number of methoxy groups -OCH3 is 1. The molecule has 0 aliphatic rings. The van der Waals surface area contributed by atoms with Crippen LogP contribution in [-0.4, -0.2) is 29.0 Å². The van der Waals surface area contributed by atoms with Crippen LogP contribution in [0.25, 0.3) is 0 Å². The van der Waals surface area contributed by atoms with E-state index in [-0.39, 0.29) is 12.5 Å². The fraction of sp³-hybridized carbons (Fsp3) is 0.714. The Bertz CT molecular complexity index is 224. The second-order valence-corrected chi connectivity index (χ2v) is 2.36. The van der Waals surface area contributed by atoms with Crippen LogP contribution in [0.4, 0.5) is 0 Å². The quantitative estimate of drug-likeness (QED) is 0.640. The molecule has 0 spiro atoms. The van der Waals surface area contributed by atoms with Crippen molar-refractivity contribution in [3.8, 4) is 0 Å². The van der Waals surface area contributed by atoms with Crippen LogP contribution in [0.5, 0.6) is 0 Å². The average Bonchev–Trinajstić information content (AvgIpc) is 2.53. The number of rotatable bonds is 5. The molecule has 12 heavy (non-hydrogen) atoms. The van der Waals surface area contributed by atoms with Gasteiger partial charge in [-0.15, -0.1) is 0 Å². The highest BCUT2D eigenvalue weighted by Gasteiger charge is 2.03. The Morgan fingerprint density at radius 3 is 3.00 bits per heavy atom. The minimum Gasteiger partial charge on any atom is -0.387 e. The van der Waals surface area contributed by atoms with Gasteiger partial charge in [0.2, 0.25) is 0 Å². The van der Waals surface area contributed by atoms with Crippen molar-refractivity contribution in [3.63, 3.8) is 0 Å². The molecule has 68 valence electrons. The molecule has 0 aliphatic heterocycles. The van der Waals surface area contributed by atoms with Crippen molar-refractivity contribution in [2.75, 3.05) is 13.7 Å². The molecular weight excluding hydrogens is 160 g/mol. The Hall–Kier alpha value is -0.940. The van der Waals surface area contributed by atoms with Gasteiger partial charge >= 0.3 is 0 Å². The Morgan fingerprint density at radius 2 is 2.42 bits per heavy atom. The maximum atomic E-state index is 8.60. The van der Waals surface area contributed by atoms with Crippen LogP contribution < -0.4 is 0 Å². The summed E-state index contributed by atoms with van der Waals surface area (Å²) in [6, 6.07) is 0. The highest BCUT2D eigenvalue weighted by Crippen LogP contribution is 1.99. The summed E-state index contributed by atoms with van der Waals surface area (Å²) in [6.07, 6.45) is 1.58. The molecule has 0 aliphatic carbocycles. The number of hydrogen-bond acceptors (Lipinski definition) is 5. The lowest BCUT2D eigenvalue weighted by atomic mass is 10.3. The third-order valence-corrected chi connectivity index (χ3v) is 1.39. The van der Waals surface area contributed by atoms with E-state index < -0.39 is 0 Å². The lowest BCUT2D eigenvalue weighted by Crippen LogP contribution is -1.94. The summed E-state index contributed by atoms with van der Waals surface area (Å²) in [4.78, 5) is 3.92. The molecule has 0 unspecified atom stereocenters. The molecule has 0 amide bonds. The summed E-state index contributed by atoms with van der Waals surface area (Å²) in [5.74, 6) is 0.888. The van der Waals surface area contributed by atoms with E-state index in [0.717, 1.165) is 12.8 Å². The number of hydrogen-bond donors (Lipinski definition) is 1. The van der Waals surface area contributed by atoms with Crippen LogP contribution in [0.1, 0.15) is 18.1 Å². The predicted molar refractivity (Wildman–Crippen MR) is 40.4 cm³/mol. The average molecular weight is 172 g/mol. The van der Waals surface area contributed by atoms with Gasteiger partial charge < -0.3 is 14.4 Å². The largest absolute Gasteiger partial charge is 0.387 e. The molecule has 0 bridgehead atoms. The first-order chi connectivity index (χ1) is 5.86. The van der Waals surface area contributed by atoms with E-state index in [0.29, 0.717) is 12.4 Å². The van der Waals surface area contributed by atoms with Gasteiger partial charge in [-0.25, -0.2) is 0 Å². The summed E-state index contributed by atoms with van der Waals surface area (Å²) in [6.45, 7) is 0.486. The van der Waals surface area contributed by atoms with Gasteiger partial charge in [-0.05, 0) is 6.42 Å². The van der Waals surface area contributed by atoms with Crippen LogP contribution >= 0.6 is 0 Å². The number of aliphatic hydroxyl groups excluding tert-OH is 1. The van der Waals surface area contributed by atoms with Crippen LogP contribution in [0, 0.1) is 0 Å². The zero-order valence-electron chi connectivity index (χ0n) is 6.99. The van der Waals surface area contributed by atoms with Gasteiger partial charge in [0, 0.05) is 20.1 Å². The molecule has 0 radical (unpaired) electrons. The number of nitrogens with zero attached hydrogens (tertiary/aromatic N) is 2. The van der Waals surface area contributed by atoms with E-state index in [1.807, 2.05) is 0 Å². The van der Waals surface area contributed by atoms with Crippen LogP contribution in [-0.2, 0) is 17.8 Å². The number of aryl methyl sites for hydroxylation is 1. The molecule has 0 fully saturated rings. The highest BCUT2D eigenvalue weighted by molar-refractivity contribution is 4.84. The highest BCUT2D eigenvalue weighted by atomic mass is 16.5. The third kappa shape index (κ3) is 2.60. The Kier molecular flexibility index (Phi) is 3.69. The molecule has 0 saturated carbocycles. The number of aromatic nitrogens is 2. The zero-order chi connectivity index (χ0) is 8.81. The van der Waals surface area contributed by atoms with Gasteiger partial charge in [0.15, 0.2) is 5.82 Å². The third-order valence-electron chi connectivity index (χ3n) is 1.39. The van der Waals surface area contributed by atoms with Gasteiger partial charge in [-0.1, -0.05) is 5.16 Å². The molecular formula is C7H12N2O3. The molecule has 1 N–H and O–H groups in total. The molecule has 1 aromatic heterocycles. The van der Waals surface area contributed by atoms with E-state index in [1.165, 1.54) is 0 Å². The van der Waals surface area contributed by atoms with Crippen LogP contribution in [0.3, 0.4) is 0 Å². The van der Waals surface area contributed by atoms with Crippen LogP contribution in [0.15, 0.2) is 4.52 Å². The van der Waals surface area contributed by atoms with Crippen molar-refractivity contribution in [1.29, 1.82) is 0 Å². The summed E-state index contributed by atoms with van der Waals surface area (Å²) in [5.41, 5.74) is 0. The van der Waals surface area contributed by atoms with Crippen molar-refractivity contribution in [1.82, 2.24) is 10.1 Å². The second-order valence-electron chi connectivity index (χ2n) is 2.36. The Balaban J connectivity index is 2.31. The summed E-state index contributed by atoms with van der Waals surface area (Å²) < 4.78 is 9.55. The first kappa shape index (κ1) is 9.15. The van der Waals surface area contributed by atoms with E-state index in [4.69, 9.17) is 14.4 Å². The van der Waals surface area contributed by atoms with E-state index in [1.54, 1.807) is 7.11 Å². The molecule has 0 atom stereocenters. The number of ether oxygens (including phenoxy) is 1. The van der Waals surface area contributed by atoms with Gasteiger partial charge in [-0.3, -0.25) is 0 Å². The molecule has 5 nitrogen and oxygen atoms in total. The van der Waals surface area contributed by atoms with Gasteiger partial charge in [0.1, 0.15) is 6.61 Å². The predicted octanol–water partition coefficient (Wildman–Crippen LogP) is 0.141. The minimum atomic E-state index is -0.197. The molecule has 5 heteroatoms. The van der Waals surface area contributed by atoms with Crippen molar-refractivity contribution in [3.05, 3.63) is 11.7 Å². The lowest BCUT2D eigenvalue weighted by Gasteiger charge is -1.92. The SMILES string of the molecule is COCCCc1noc(CO)n1. The van der Waals surface area contributed by atoms with Crippen molar-refractivity contribution in [2.24, 2.45) is 0 Å². The maximum Gasteiger partial charge on any atom is 0.252 e. The first-order valence-corrected chi connectivity index (χ1v) is 3.78. The van der Waals surface area contributed by atoms with Crippen molar-refractivity contribution >= 4 is 0 Å². The molecule has 1 aromatic rings. The van der Waals surface area contributed by atoms with E-state index in [2.05, 4.69) is 10.1 Å². The van der Waals surface area contributed by atoms with Crippen molar-refractivity contribution in [2.45, 2.75) is 19.4 Å². The standard InChI is InChI=1S/C7H12N2O3/c1-11-4-2-3-6-8-7(5-10)12-9-6/h10H,2-5H2,1H3. The van der Waals surface area contributed by atoms with Crippen molar-refractivity contribution < 1.29 is 14.4 Å². The van der Waals surface area contributed by atoms with E-state index >= 15 is 0 Å². The maximum absolute atomic E-state index is 8.60. The minimum absolute atomic E-state index is 0.197. The normalized spacial score (nSPS) is 10.5. The molecule has 0 saturated heterocycles. The summed E-state index contributed by atoms with van der Waals surface area (Å²) >= 11 is 0. The Labute approximate surface area is 70.3 Å². The zero-order valence-corrected chi connectivity index (χ0v) is 6.99. The fourth-order valence-electron chi connectivity index (χ4n) is 0.831. The Morgan fingerprint density at radius 1 is 1.58 bits per heavy atom. The molecule has 1 rings (SSSR count). The van der Waals surface area contributed by atoms with E-state index in [9.17, 15) is 0 Å². The fourth-order valence-corrected chi connectivity index (χ4v) is 0.831. The summed E-state index contributed by atoms with van der Waals surface area (Å²) in [7, 11) is 1.65. The smallest absolute Gasteiger partial charge is 0.252 e. The van der Waals surface area contributed by atoms with Gasteiger partial charge in [-0.2, -0.15) is 4.98 Å². The summed E-state index contributed by atoms with van der Waals surface area (Å²) in [5, 5.41) is 12.3. The van der Waals surface area contributed by atoms with Gasteiger partial charge in [0.05, 0.1) is 0 Å². The lowest BCUT2D eigenvalue weighted by molar-refractivity contribution is 0.194. The first-order valence-electron chi connectivity index (χ1n) is 3.78. The topological polar surface area (TPSA) is 68.4 Å². The molecule has 0 aromatic carbocycles. The van der Waals surface area contributed by atoms with Crippen LogP contribution in [0.2, 0.25) is 0 Å². The molecule has 1 heterocycles. The second kappa shape index (κ2) is 4.84. The monoisotopic (exact) mass is 172 g/mol. The van der Waals surface area contributed by atoms with Gasteiger partial charge in [0.25, 0.3) is 5.89 Å².